The fourth-order valence-electron chi connectivity index (χ4n) is 3.68. The molecule has 1 aliphatic rings. The number of rotatable bonds is 7. The summed E-state index contributed by atoms with van der Waals surface area (Å²) in [5.41, 5.74) is 3.93. The van der Waals surface area contributed by atoms with E-state index in [-0.39, 0.29) is 0 Å². The summed E-state index contributed by atoms with van der Waals surface area (Å²) in [5, 5.41) is 7.95. The number of aromatic nitrogens is 2. The van der Waals surface area contributed by atoms with Crippen LogP contribution in [0.25, 0.3) is 6.08 Å². The molecule has 9 heteroatoms. The molecule has 0 saturated carbocycles. The van der Waals surface area contributed by atoms with E-state index >= 15 is 0 Å². The number of nitrogens with zero attached hydrogens (tertiary/aromatic N) is 2. The highest BCUT2D eigenvalue weighted by molar-refractivity contribution is 6.31. The third kappa shape index (κ3) is 5.84. The van der Waals surface area contributed by atoms with Crippen LogP contribution in [0.2, 0.25) is 5.02 Å². The minimum atomic E-state index is -0.995. The molecule has 0 spiro atoms. The number of esters is 1. The van der Waals surface area contributed by atoms with Crippen molar-refractivity contribution >= 4 is 35.2 Å². The highest BCUT2D eigenvalue weighted by atomic mass is 35.5. The lowest BCUT2D eigenvalue weighted by Gasteiger charge is -2.19. The van der Waals surface area contributed by atoms with Gasteiger partial charge in [-0.1, -0.05) is 29.8 Å². The molecule has 1 unspecified atom stereocenters. The summed E-state index contributed by atoms with van der Waals surface area (Å²) in [6, 6.07) is 12.7. The second-order valence-corrected chi connectivity index (χ2v) is 8.50. The van der Waals surface area contributed by atoms with Gasteiger partial charge >= 0.3 is 5.97 Å². The normalized spacial score (nSPS) is 13.5. The zero-order valence-electron chi connectivity index (χ0n) is 19.7. The average molecular weight is 496 g/mol. The summed E-state index contributed by atoms with van der Waals surface area (Å²) in [4.78, 5) is 24.9. The summed E-state index contributed by atoms with van der Waals surface area (Å²) < 4.78 is 18.1. The lowest BCUT2D eigenvalue weighted by Crippen LogP contribution is -2.29. The quantitative estimate of drug-likeness (QED) is 0.382. The number of hydrogen-bond acceptors (Lipinski definition) is 6. The van der Waals surface area contributed by atoms with Gasteiger partial charge in [0.15, 0.2) is 17.6 Å². The van der Waals surface area contributed by atoms with E-state index in [0.29, 0.717) is 42.0 Å². The monoisotopic (exact) mass is 495 g/mol. The van der Waals surface area contributed by atoms with E-state index in [9.17, 15) is 9.59 Å². The van der Waals surface area contributed by atoms with Crippen molar-refractivity contribution < 1.29 is 23.8 Å². The Morgan fingerprint density at radius 3 is 2.69 bits per heavy atom. The molecule has 2 heterocycles. The molecule has 1 aromatic heterocycles. The maximum absolute atomic E-state index is 12.5. The zero-order chi connectivity index (χ0) is 24.9. The van der Waals surface area contributed by atoms with Gasteiger partial charge in [-0.15, -0.1) is 0 Å². The van der Waals surface area contributed by atoms with E-state index in [2.05, 4.69) is 10.4 Å². The summed E-state index contributed by atoms with van der Waals surface area (Å²) in [6.07, 6.45) is 1.95. The summed E-state index contributed by atoms with van der Waals surface area (Å²) in [7, 11) is 0. The Balaban J connectivity index is 1.36. The molecule has 0 aliphatic carbocycles. The number of aryl methyl sites for hydroxylation is 1. The predicted molar refractivity (Wildman–Crippen MR) is 133 cm³/mol. The predicted octanol–water partition coefficient (Wildman–Crippen LogP) is 4.56. The Hall–Kier alpha value is -3.78. The number of halogens is 1. The molecule has 35 heavy (non-hydrogen) atoms. The first-order valence-corrected chi connectivity index (χ1v) is 11.6. The van der Waals surface area contributed by atoms with Crippen LogP contribution in [0, 0.1) is 13.8 Å². The SMILES string of the molecule is Cc1nn(Cc2ccccc2Cl)c(C)c1C=CC(=O)OC(C)C(=O)Nc1ccc2c(c1)OCCO2. The Bertz CT molecular complexity index is 1280. The van der Waals surface area contributed by atoms with Crippen molar-refractivity contribution in [1.82, 2.24) is 9.78 Å². The van der Waals surface area contributed by atoms with Crippen molar-refractivity contribution in [2.75, 3.05) is 18.5 Å². The highest BCUT2D eigenvalue weighted by Gasteiger charge is 2.19. The Morgan fingerprint density at radius 1 is 1.17 bits per heavy atom. The minimum Gasteiger partial charge on any atom is -0.486 e. The van der Waals surface area contributed by atoms with Crippen LogP contribution in [-0.2, 0) is 20.9 Å². The number of benzene rings is 2. The molecule has 0 saturated heterocycles. The third-order valence-electron chi connectivity index (χ3n) is 5.57. The van der Waals surface area contributed by atoms with E-state index in [4.69, 9.17) is 25.8 Å². The summed E-state index contributed by atoms with van der Waals surface area (Å²) in [6.45, 7) is 6.75. The van der Waals surface area contributed by atoms with Crippen molar-refractivity contribution in [1.29, 1.82) is 0 Å². The fourth-order valence-corrected chi connectivity index (χ4v) is 3.87. The van der Waals surface area contributed by atoms with Crippen molar-refractivity contribution in [3.05, 3.63) is 76.1 Å². The molecule has 0 bridgehead atoms. The first-order valence-electron chi connectivity index (χ1n) is 11.2. The van der Waals surface area contributed by atoms with Gasteiger partial charge < -0.3 is 19.5 Å². The van der Waals surface area contributed by atoms with Crippen LogP contribution in [0.1, 0.15) is 29.4 Å². The molecule has 4 rings (SSSR count). The molecule has 1 amide bonds. The largest absolute Gasteiger partial charge is 0.486 e. The van der Waals surface area contributed by atoms with Gasteiger partial charge in [0, 0.05) is 34.1 Å². The van der Waals surface area contributed by atoms with Crippen LogP contribution in [0.3, 0.4) is 0 Å². The molecule has 3 aromatic rings. The van der Waals surface area contributed by atoms with Gasteiger partial charge in [-0.3, -0.25) is 9.48 Å². The van der Waals surface area contributed by atoms with Crippen molar-refractivity contribution in [3.63, 3.8) is 0 Å². The molecule has 182 valence electrons. The maximum atomic E-state index is 12.5. The van der Waals surface area contributed by atoms with Crippen LogP contribution < -0.4 is 14.8 Å². The minimum absolute atomic E-state index is 0.447. The van der Waals surface area contributed by atoms with Crippen molar-refractivity contribution in [2.24, 2.45) is 0 Å². The van der Waals surface area contributed by atoms with Crippen LogP contribution in [0.4, 0.5) is 5.69 Å². The number of amides is 1. The molecule has 1 atom stereocenters. The first-order chi connectivity index (χ1) is 16.8. The van der Waals surface area contributed by atoms with Crippen molar-refractivity contribution in [2.45, 2.75) is 33.4 Å². The number of anilines is 1. The Labute approximate surface area is 208 Å². The number of carbonyl (C=O) groups excluding carboxylic acids is 2. The van der Waals surface area contributed by atoms with Gasteiger partial charge in [0.05, 0.1) is 12.2 Å². The number of nitrogens with one attached hydrogen (secondary N) is 1. The number of fused-ring (bicyclic) bond motifs is 1. The highest BCUT2D eigenvalue weighted by Crippen LogP contribution is 2.32. The fraction of sp³-hybridized carbons (Fsp3) is 0.269. The van der Waals surface area contributed by atoms with E-state index in [1.807, 2.05) is 42.8 Å². The second-order valence-electron chi connectivity index (χ2n) is 8.09. The van der Waals surface area contributed by atoms with Gasteiger partial charge in [0.2, 0.25) is 0 Å². The van der Waals surface area contributed by atoms with Gasteiger partial charge in [-0.05, 0) is 50.6 Å². The zero-order valence-corrected chi connectivity index (χ0v) is 20.5. The van der Waals surface area contributed by atoms with Gasteiger partial charge in [0.25, 0.3) is 5.91 Å². The Kier molecular flexibility index (Phi) is 7.41. The maximum Gasteiger partial charge on any atom is 0.331 e. The molecular weight excluding hydrogens is 470 g/mol. The van der Waals surface area contributed by atoms with Gasteiger partial charge in [-0.25, -0.2) is 4.79 Å². The molecule has 1 aliphatic heterocycles. The average Bonchev–Trinajstić information content (AvgIpc) is 3.11. The summed E-state index contributed by atoms with van der Waals surface area (Å²) >= 11 is 6.27. The lowest BCUT2D eigenvalue weighted by atomic mass is 10.1. The van der Waals surface area contributed by atoms with E-state index < -0.39 is 18.0 Å². The van der Waals surface area contributed by atoms with Crippen LogP contribution in [0.15, 0.2) is 48.5 Å². The number of carbonyl (C=O) groups is 2. The van der Waals surface area contributed by atoms with E-state index in [0.717, 1.165) is 22.5 Å². The molecular formula is C26H26ClN3O5. The lowest BCUT2D eigenvalue weighted by molar-refractivity contribution is -0.148. The molecule has 2 aromatic carbocycles. The molecule has 8 nitrogen and oxygen atoms in total. The standard InChI is InChI=1S/C26H26ClN3O5/c1-16-21(17(2)30(29-16)15-19-6-4-5-7-22(19)27)9-11-25(31)35-18(3)26(32)28-20-8-10-23-24(14-20)34-13-12-33-23/h4-11,14,18H,12-13,15H2,1-3H3,(H,28,32). The van der Waals surface area contributed by atoms with Crippen LogP contribution in [-0.4, -0.2) is 41.0 Å². The second kappa shape index (κ2) is 10.7. The summed E-state index contributed by atoms with van der Waals surface area (Å²) in [5.74, 6) is 0.0953. The third-order valence-corrected chi connectivity index (χ3v) is 5.94. The van der Waals surface area contributed by atoms with E-state index in [1.54, 1.807) is 24.3 Å². The van der Waals surface area contributed by atoms with Gasteiger partial charge in [-0.2, -0.15) is 5.10 Å². The van der Waals surface area contributed by atoms with Crippen LogP contribution >= 0.6 is 11.6 Å². The first kappa shape index (κ1) is 24.3. The molecule has 0 radical (unpaired) electrons. The smallest absolute Gasteiger partial charge is 0.331 e. The number of hydrogen-bond donors (Lipinski definition) is 1. The Morgan fingerprint density at radius 2 is 1.91 bits per heavy atom. The van der Waals surface area contributed by atoms with E-state index in [1.165, 1.54) is 13.0 Å². The molecule has 0 fully saturated rings. The molecule has 1 N–H and O–H groups in total. The van der Waals surface area contributed by atoms with Gasteiger partial charge in [0.1, 0.15) is 13.2 Å². The topological polar surface area (TPSA) is 91.7 Å². The van der Waals surface area contributed by atoms with Crippen molar-refractivity contribution in [3.8, 4) is 11.5 Å². The number of ether oxygens (including phenoxy) is 3. The van der Waals surface area contributed by atoms with Crippen LogP contribution in [0.5, 0.6) is 11.5 Å².